The predicted octanol–water partition coefficient (Wildman–Crippen LogP) is 2.50. The molecule has 100 valence electrons. The van der Waals surface area contributed by atoms with E-state index in [1.165, 1.54) is 38.5 Å². The van der Waals surface area contributed by atoms with Crippen LogP contribution in [0.2, 0.25) is 0 Å². The average molecular weight is 248 g/mol. The van der Waals surface area contributed by atoms with Crippen molar-refractivity contribution in [3.63, 3.8) is 0 Å². The zero-order chi connectivity index (χ0) is 12.4. The average Bonchev–Trinajstić information content (AvgIpc) is 2.92. The summed E-state index contributed by atoms with van der Waals surface area (Å²) in [6.45, 7) is 2.11. The molecule has 2 saturated carbocycles. The maximum Gasteiger partial charge on any atom is 0.203 e. The number of likely N-dealkylation sites (N-methyl/N-ethyl adjacent to an activating group) is 1. The zero-order valence-corrected chi connectivity index (χ0v) is 11.3. The van der Waals surface area contributed by atoms with Crippen LogP contribution < -0.4 is 5.32 Å². The molecule has 0 unspecified atom stereocenters. The molecule has 0 atom stereocenters. The molecular formula is C14H24N4. The van der Waals surface area contributed by atoms with Gasteiger partial charge in [-0.3, -0.25) is 0 Å². The summed E-state index contributed by atoms with van der Waals surface area (Å²) in [5.41, 5.74) is 0. The quantitative estimate of drug-likeness (QED) is 0.839. The van der Waals surface area contributed by atoms with Gasteiger partial charge in [0, 0.05) is 37.6 Å². The molecule has 3 rings (SSSR count). The lowest BCUT2D eigenvalue weighted by atomic mass is 10.2. The number of rotatable bonds is 6. The summed E-state index contributed by atoms with van der Waals surface area (Å²) in [7, 11) is 2.25. The lowest BCUT2D eigenvalue weighted by Crippen LogP contribution is -2.33. The molecule has 4 nitrogen and oxygen atoms in total. The third-order valence-electron chi connectivity index (χ3n) is 4.30. The fourth-order valence-electron chi connectivity index (χ4n) is 2.97. The first-order valence-corrected chi connectivity index (χ1v) is 7.31. The fourth-order valence-corrected chi connectivity index (χ4v) is 2.97. The van der Waals surface area contributed by atoms with Gasteiger partial charge in [-0.2, -0.15) is 0 Å². The fraction of sp³-hybridized carbons (Fsp3) is 0.786. The second kappa shape index (κ2) is 5.31. The van der Waals surface area contributed by atoms with Gasteiger partial charge in [-0.25, -0.2) is 4.98 Å². The molecule has 0 aromatic carbocycles. The lowest BCUT2D eigenvalue weighted by Gasteiger charge is -2.24. The minimum absolute atomic E-state index is 0.711. The topological polar surface area (TPSA) is 33.1 Å². The van der Waals surface area contributed by atoms with E-state index in [0.717, 1.165) is 25.1 Å². The van der Waals surface area contributed by atoms with Crippen molar-refractivity contribution in [2.75, 3.05) is 25.5 Å². The predicted molar refractivity (Wildman–Crippen MR) is 73.9 cm³/mol. The number of anilines is 1. The number of nitrogens with zero attached hydrogens (tertiary/aromatic N) is 3. The molecule has 1 aromatic heterocycles. The minimum atomic E-state index is 0.711. The molecule has 1 aromatic rings. The number of imidazole rings is 1. The number of aromatic nitrogens is 2. The van der Waals surface area contributed by atoms with Gasteiger partial charge in [-0.1, -0.05) is 12.8 Å². The van der Waals surface area contributed by atoms with Gasteiger partial charge >= 0.3 is 0 Å². The summed E-state index contributed by atoms with van der Waals surface area (Å²) >= 11 is 0. The van der Waals surface area contributed by atoms with Crippen LogP contribution >= 0.6 is 0 Å². The van der Waals surface area contributed by atoms with Crippen molar-refractivity contribution in [3.8, 4) is 0 Å². The highest BCUT2D eigenvalue weighted by molar-refractivity contribution is 5.27. The Labute approximate surface area is 109 Å². The van der Waals surface area contributed by atoms with Crippen molar-refractivity contribution in [3.05, 3.63) is 12.4 Å². The Balaban J connectivity index is 1.44. The van der Waals surface area contributed by atoms with E-state index < -0.39 is 0 Å². The molecule has 0 spiro atoms. The van der Waals surface area contributed by atoms with Gasteiger partial charge in [0.25, 0.3) is 0 Å². The summed E-state index contributed by atoms with van der Waals surface area (Å²) in [6.07, 6.45) is 12.2. The van der Waals surface area contributed by atoms with Crippen LogP contribution in [-0.4, -0.2) is 40.6 Å². The van der Waals surface area contributed by atoms with E-state index in [9.17, 15) is 0 Å². The van der Waals surface area contributed by atoms with E-state index in [0.29, 0.717) is 6.04 Å². The summed E-state index contributed by atoms with van der Waals surface area (Å²) in [5.74, 6) is 1.05. The Kier molecular flexibility index (Phi) is 3.55. The van der Waals surface area contributed by atoms with E-state index in [1.807, 2.05) is 6.20 Å². The van der Waals surface area contributed by atoms with Gasteiger partial charge in [0.05, 0.1) is 0 Å². The molecule has 1 heterocycles. The van der Waals surface area contributed by atoms with Crippen LogP contribution in [-0.2, 0) is 0 Å². The molecule has 0 amide bonds. The number of hydrogen-bond donors (Lipinski definition) is 1. The van der Waals surface area contributed by atoms with Crippen LogP contribution in [0, 0.1) is 0 Å². The molecule has 2 aliphatic rings. The van der Waals surface area contributed by atoms with Gasteiger partial charge in [-0.05, 0) is 32.7 Å². The van der Waals surface area contributed by atoms with Crippen LogP contribution in [0.5, 0.6) is 0 Å². The second-order valence-corrected chi connectivity index (χ2v) is 5.73. The summed E-state index contributed by atoms with van der Waals surface area (Å²) in [5, 5.41) is 3.48. The molecule has 0 aliphatic heterocycles. The second-order valence-electron chi connectivity index (χ2n) is 5.73. The number of hydrogen-bond acceptors (Lipinski definition) is 3. The minimum Gasteiger partial charge on any atom is -0.354 e. The third-order valence-corrected chi connectivity index (χ3v) is 4.30. The Hall–Kier alpha value is -1.03. The molecular weight excluding hydrogens is 224 g/mol. The van der Waals surface area contributed by atoms with Crippen molar-refractivity contribution in [1.82, 2.24) is 14.5 Å². The standard InChI is InChI=1S/C14H24N4/c1-17(12-4-2-3-5-12)10-8-15-14-16-9-11-18(14)13-6-7-13/h9,11-13H,2-8,10H2,1H3,(H,15,16). The van der Waals surface area contributed by atoms with E-state index >= 15 is 0 Å². The SMILES string of the molecule is CN(CCNc1nccn1C1CC1)C1CCCC1. The Morgan fingerprint density at radius 3 is 2.83 bits per heavy atom. The Morgan fingerprint density at radius 2 is 2.11 bits per heavy atom. The van der Waals surface area contributed by atoms with Crippen LogP contribution in [0.1, 0.15) is 44.6 Å². The summed E-state index contributed by atoms with van der Waals surface area (Å²) in [6, 6.07) is 1.53. The van der Waals surface area contributed by atoms with E-state index in [4.69, 9.17) is 0 Å². The van der Waals surface area contributed by atoms with Crippen LogP contribution in [0.4, 0.5) is 5.95 Å². The van der Waals surface area contributed by atoms with Gasteiger partial charge in [-0.15, -0.1) is 0 Å². The first kappa shape index (κ1) is 12.0. The summed E-state index contributed by atoms with van der Waals surface area (Å²) < 4.78 is 2.29. The van der Waals surface area contributed by atoms with E-state index in [1.54, 1.807) is 0 Å². The molecule has 0 radical (unpaired) electrons. The van der Waals surface area contributed by atoms with Crippen molar-refractivity contribution in [2.24, 2.45) is 0 Å². The maximum atomic E-state index is 4.41. The van der Waals surface area contributed by atoms with E-state index in [-0.39, 0.29) is 0 Å². The first-order chi connectivity index (χ1) is 8.84. The molecule has 18 heavy (non-hydrogen) atoms. The normalized spacial score (nSPS) is 20.8. The lowest BCUT2D eigenvalue weighted by molar-refractivity contribution is 0.254. The van der Waals surface area contributed by atoms with Crippen molar-refractivity contribution in [2.45, 2.75) is 50.6 Å². The van der Waals surface area contributed by atoms with Crippen molar-refractivity contribution >= 4 is 5.95 Å². The molecule has 1 N–H and O–H groups in total. The highest BCUT2D eigenvalue weighted by Gasteiger charge is 2.25. The molecule has 0 bridgehead atoms. The summed E-state index contributed by atoms with van der Waals surface area (Å²) in [4.78, 5) is 6.91. The van der Waals surface area contributed by atoms with Crippen LogP contribution in [0.15, 0.2) is 12.4 Å². The van der Waals surface area contributed by atoms with Crippen LogP contribution in [0.25, 0.3) is 0 Å². The molecule has 2 aliphatic carbocycles. The largest absolute Gasteiger partial charge is 0.354 e. The maximum absolute atomic E-state index is 4.41. The van der Waals surface area contributed by atoms with Crippen molar-refractivity contribution in [1.29, 1.82) is 0 Å². The van der Waals surface area contributed by atoms with Gasteiger partial charge in [0.1, 0.15) is 0 Å². The Bertz CT molecular complexity index is 377. The van der Waals surface area contributed by atoms with Crippen molar-refractivity contribution < 1.29 is 0 Å². The number of nitrogens with one attached hydrogen (secondary N) is 1. The van der Waals surface area contributed by atoms with Gasteiger partial charge in [0.15, 0.2) is 0 Å². The monoisotopic (exact) mass is 248 g/mol. The third kappa shape index (κ3) is 2.69. The smallest absolute Gasteiger partial charge is 0.203 e. The molecule has 0 saturated heterocycles. The Morgan fingerprint density at radius 1 is 1.33 bits per heavy atom. The first-order valence-electron chi connectivity index (χ1n) is 7.31. The highest BCUT2D eigenvalue weighted by Crippen LogP contribution is 2.36. The van der Waals surface area contributed by atoms with Crippen LogP contribution in [0.3, 0.4) is 0 Å². The highest BCUT2D eigenvalue weighted by atomic mass is 15.2. The molecule has 4 heteroatoms. The molecule has 2 fully saturated rings. The van der Waals surface area contributed by atoms with Gasteiger partial charge in [0.2, 0.25) is 5.95 Å². The van der Waals surface area contributed by atoms with Gasteiger partial charge < -0.3 is 14.8 Å². The zero-order valence-electron chi connectivity index (χ0n) is 11.3. The van der Waals surface area contributed by atoms with E-state index in [2.05, 4.69) is 33.0 Å².